The van der Waals surface area contributed by atoms with Crippen LogP contribution in [0, 0.1) is 5.82 Å². The van der Waals surface area contributed by atoms with Crippen molar-refractivity contribution in [2.75, 3.05) is 6.54 Å². The molecular formula is C13H11ClFNO2S. The monoisotopic (exact) mass is 299 g/mol. The topological polar surface area (TPSA) is 49.3 Å². The van der Waals surface area contributed by atoms with E-state index in [4.69, 9.17) is 11.6 Å². The van der Waals surface area contributed by atoms with Crippen LogP contribution in [0.4, 0.5) is 4.39 Å². The van der Waals surface area contributed by atoms with Crippen molar-refractivity contribution in [3.05, 3.63) is 57.0 Å². The zero-order chi connectivity index (χ0) is 13.8. The third kappa shape index (κ3) is 3.32. The summed E-state index contributed by atoms with van der Waals surface area (Å²) in [7, 11) is 0. The minimum atomic E-state index is -0.789. The molecule has 1 aromatic carbocycles. The van der Waals surface area contributed by atoms with Gasteiger partial charge >= 0.3 is 0 Å². The van der Waals surface area contributed by atoms with Crippen molar-refractivity contribution in [1.82, 2.24) is 5.32 Å². The number of nitrogens with one attached hydrogen (secondary N) is 1. The highest BCUT2D eigenvalue weighted by atomic mass is 35.5. The maximum Gasteiger partial charge on any atom is 0.253 e. The van der Waals surface area contributed by atoms with Gasteiger partial charge in [-0.15, -0.1) is 0 Å². The Morgan fingerprint density at radius 2 is 2.26 bits per heavy atom. The predicted octanol–water partition coefficient (Wildman–Crippen LogP) is 3.00. The molecule has 0 fully saturated rings. The van der Waals surface area contributed by atoms with Crippen LogP contribution in [0.3, 0.4) is 0 Å². The van der Waals surface area contributed by atoms with E-state index in [9.17, 15) is 14.3 Å². The van der Waals surface area contributed by atoms with Crippen LogP contribution in [0.5, 0.6) is 0 Å². The smallest absolute Gasteiger partial charge is 0.253 e. The van der Waals surface area contributed by atoms with Crippen LogP contribution in [0.15, 0.2) is 35.0 Å². The Morgan fingerprint density at radius 1 is 1.47 bits per heavy atom. The lowest BCUT2D eigenvalue weighted by Crippen LogP contribution is -2.28. The van der Waals surface area contributed by atoms with Crippen molar-refractivity contribution in [2.45, 2.75) is 6.10 Å². The second-order valence-corrected chi connectivity index (χ2v) is 5.04. The molecule has 1 aromatic heterocycles. The van der Waals surface area contributed by atoms with Crippen LogP contribution in [0.25, 0.3) is 0 Å². The number of aliphatic hydroxyl groups is 1. The highest BCUT2D eigenvalue weighted by molar-refractivity contribution is 7.07. The van der Waals surface area contributed by atoms with Crippen LogP contribution in [-0.4, -0.2) is 17.6 Å². The average Bonchev–Trinajstić information content (AvgIpc) is 2.93. The zero-order valence-electron chi connectivity index (χ0n) is 9.77. The standard InChI is InChI=1S/C13H11ClFNO2S/c14-12-9(2-1-3-10(12)15)13(18)16-6-11(17)8-4-5-19-7-8/h1-5,7,11,17H,6H2,(H,16,18). The highest BCUT2D eigenvalue weighted by Crippen LogP contribution is 2.20. The number of carbonyl (C=O) groups excluding carboxylic acids is 1. The van der Waals surface area contributed by atoms with Gasteiger partial charge in [-0.25, -0.2) is 4.39 Å². The Balaban J connectivity index is 2.00. The van der Waals surface area contributed by atoms with Crippen molar-refractivity contribution in [3.8, 4) is 0 Å². The summed E-state index contributed by atoms with van der Waals surface area (Å²) in [6, 6.07) is 5.79. The van der Waals surface area contributed by atoms with E-state index in [0.717, 1.165) is 5.56 Å². The molecule has 2 rings (SSSR count). The molecule has 1 unspecified atom stereocenters. The van der Waals surface area contributed by atoms with Crippen molar-refractivity contribution in [3.63, 3.8) is 0 Å². The summed E-state index contributed by atoms with van der Waals surface area (Å²) >= 11 is 7.17. The Bertz CT molecular complexity index is 574. The van der Waals surface area contributed by atoms with Crippen LogP contribution in [0.2, 0.25) is 5.02 Å². The number of thiophene rings is 1. The molecule has 3 nitrogen and oxygen atoms in total. The Morgan fingerprint density at radius 3 is 2.95 bits per heavy atom. The van der Waals surface area contributed by atoms with E-state index < -0.39 is 17.8 Å². The third-order valence-electron chi connectivity index (χ3n) is 2.58. The molecule has 1 amide bonds. The number of halogens is 2. The number of hydrogen-bond donors (Lipinski definition) is 2. The van der Waals surface area contributed by atoms with Gasteiger partial charge in [-0.1, -0.05) is 17.7 Å². The van der Waals surface area contributed by atoms with E-state index in [2.05, 4.69) is 5.32 Å². The van der Waals surface area contributed by atoms with Gasteiger partial charge in [-0.3, -0.25) is 4.79 Å². The number of aliphatic hydroxyl groups excluding tert-OH is 1. The minimum absolute atomic E-state index is 0.0441. The number of hydrogen-bond acceptors (Lipinski definition) is 3. The van der Waals surface area contributed by atoms with Gasteiger partial charge in [0.15, 0.2) is 0 Å². The number of benzene rings is 1. The maximum absolute atomic E-state index is 13.2. The molecule has 1 atom stereocenters. The number of amides is 1. The van der Waals surface area contributed by atoms with E-state index in [1.165, 1.54) is 29.5 Å². The molecule has 2 aromatic rings. The van der Waals surface area contributed by atoms with E-state index in [0.29, 0.717) is 0 Å². The van der Waals surface area contributed by atoms with Gasteiger partial charge in [0.05, 0.1) is 16.7 Å². The van der Waals surface area contributed by atoms with Crippen LogP contribution in [0.1, 0.15) is 22.0 Å². The van der Waals surface area contributed by atoms with Gasteiger partial charge in [0, 0.05) is 6.54 Å². The van der Waals surface area contributed by atoms with Gasteiger partial charge < -0.3 is 10.4 Å². The summed E-state index contributed by atoms with van der Waals surface area (Å²) in [6.45, 7) is 0.0441. The number of rotatable bonds is 4. The fourth-order valence-corrected chi connectivity index (χ4v) is 2.47. The van der Waals surface area contributed by atoms with E-state index in [1.807, 2.05) is 5.38 Å². The van der Waals surface area contributed by atoms with Crippen LogP contribution >= 0.6 is 22.9 Å². The molecule has 100 valence electrons. The molecule has 2 N–H and O–H groups in total. The van der Waals surface area contributed by atoms with Gasteiger partial charge in [0.25, 0.3) is 5.91 Å². The van der Waals surface area contributed by atoms with Gasteiger partial charge in [0.2, 0.25) is 0 Å². The molecule has 0 saturated heterocycles. The molecule has 6 heteroatoms. The molecule has 0 spiro atoms. The molecule has 19 heavy (non-hydrogen) atoms. The van der Waals surface area contributed by atoms with E-state index in [1.54, 1.807) is 11.4 Å². The van der Waals surface area contributed by atoms with Crippen molar-refractivity contribution >= 4 is 28.8 Å². The van der Waals surface area contributed by atoms with E-state index >= 15 is 0 Å². The Labute approximate surface area is 118 Å². The van der Waals surface area contributed by atoms with Crippen molar-refractivity contribution < 1.29 is 14.3 Å². The lowest BCUT2D eigenvalue weighted by atomic mass is 10.1. The average molecular weight is 300 g/mol. The molecule has 0 saturated carbocycles. The quantitative estimate of drug-likeness (QED) is 0.912. The largest absolute Gasteiger partial charge is 0.387 e. The summed E-state index contributed by atoms with van der Waals surface area (Å²) in [5, 5.41) is 15.8. The summed E-state index contributed by atoms with van der Waals surface area (Å²) in [4.78, 5) is 11.8. The molecule has 0 aliphatic carbocycles. The highest BCUT2D eigenvalue weighted by Gasteiger charge is 2.15. The zero-order valence-corrected chi connectivity index (χ0v) is 11.3. The van der Waals surface area contributed by atoms with Crippen molar-refractivity contribution in [2.24, 2.45) is 0 Å². The summed E-state index contributed by atoms with van der Waals surface area (Å²) in [6.07, 6.45) is -0.789. The lowest BCUT2D eigenvalue weighted by Gasteiger charge is -2.11. The maximum atomic E-state index is 13.2. The first kappa shape index (κ1) is 14.0. The molecule has 1 heterocycles. The van der Waals surface area contributed by atoms with Gasteiger partial charge in [-0.2, -0.15) is 11.3 Å². The third-order valence-corrected chi connectivity index (χ3v) is 3.67. The fraction of sp³-hybridized carbons (Fsp3) is 0.154. The normalized spacial score (nSPS) is 12.2. The molecule has 0 bridgehead atoms. The summed E-state index contributed by atoms with van der Waals surface area (Å²) < 4.78 is 13.2. The number of carbonyl (C=O) groups is 1. The Hall–Kier alpha value is -1.43. The molecule has 0 radical (unpaired) electrons. The lowest BCUT2D eigenvalue weighted by molar-refractivity contribution is 0.0916. The van der Waals surface area contributed by atoms with Gasteiger partial charge in [-0.05, 0) is 34.5 Å². The van der Waals surface area contributed by atoms with Crippen molar-refractivity contribution in [1.29, 1.82) is 0 Å². The van der Waals surface area contributed by atoms with Crippen LogP contribution < -0.4 is 5.32 Å². The summed E-state index contributed by atoms with van der Waals surface area (Å²) in [5.41, 5.74) is 0.787. The second-order valence-electron chi connectivity index (χ2n) is 3.88. The predicted molar refractivity (Wildman–Crippen MR) is 73.0 cm³/mol. The second kappa shape index (κ2) is 6.14. The fourth-order valence-electron chi connectivity index (χ4n) is 1.55. The first-order valence-corrected chi connectivity index (χ1v) is 6.84. The summed E-state index contributed by atoms with van der Waals surface area (Å²) in [5.74, 6) is -1.16. The van der Waals surface area contributed by atoms with Crippen LogP contribution in [-0.2, 0) is 0 Å². The molecule has 0 aliphatic heterocycles. The van der Waals surface area contributed by atoms with E-state index in [-0.39, 0.29) is 17.1 Å². The minimum Gasteiger partial charge on any atom is -0.387 e. The molecule has 0 aliphatic rings. The first-order valence-electron chi connectivity index (χ1n) is 5.52. The SMILES string of the molecule is O=C(NCC(O)c1ccsc1)c1cccc(F)c1Cl. The van der Waals surface area contributed by atoms with Gasteiger partial charge in [0.1, 0.15) is 5.82 Å². The Kier molecular flexibility index (Phi) is 4.52. The first-order chi connectivity index (χ1) is 9.09. The molecular weight excluding hydrogens is 289 g/mol.